The number of aromatic nitrogens is 1. The van der Waals surface area contributed by atoms with E-state index in [4.69, 9.17) is 6.42 Å². The van der Waals surface area contributed by atoms with E-state index >= 15 is 0 Å². The summed E-state index contributed by atoms with van der Waals surface area (Å²) in [5.74, 6) is 2.74. The predicted octanol–water partition coefficient (Wildman–Crippen LogP) is 1.56. The Morgan fingerprint density at radius 2 is 1.86 bits per heavy atom. The van der Waals surface area contributed by atoms with Crippen LogP contribution in [0, 0.1) is 12.3 Å². The Hall–Kier alpha value is -3.21. The Morgan fingerprint density at radius 1 is 1.11 bits per heavy atom. The number of fused-ring (bicyclic) bond motifs is 2. The molecule has 2 aliphatic heterocycles. The zero-order valence-corrected chi connectivity index (χ0v) is 15.5. The fourth-order valence-electron chi connectivity index (χ4n) is 3.59. The smallest absolute Gasteiger partial charge is 0.257 e. The highest BCUT2D eigenvalue weighted by molar-refractivity contribution is 6.17. The topological polar surface area (TPSA) is 68.8 Å². The van der Waals surface area contributed by atoms with E-state index in [0.717, 1.165) is 26.2 Å². The quantitative estimate of drug-likeness (QED) is 0.825. The van der Waals surface area contributed by atoms with Crippen molar-refractivity contribution in [1.29, 1.82) is 0 Å². The number of carbonyl (C=O) groups excluding carboxylic acids is 2. The van der Waals surface area contributed by atoms with Crippen molar-refractivity contribution in [3.8, 4) is 12.3 Å². The number of rotatable bonds is 3. The summed E-state index contributed by atoms with van der Waals surface area (Å²) in [5.41, 5.74) is 1.52. The van der Waals surface area contributed by atoms with Gasteiger partial charge in [0.1, 0.15) is 0 Å². The molecule has 0 aliphatic carbocycles. The highest BCUT2D eigenvalue weighted by Gasteiger charge is 2.31. The Labute approximate surface area is 163 Å². The first-order valence-corrected chi connectivity index (χ1v) is 9.24. The molecular formula is C21H21N5O2. The number of carbonyl (C=O) groups is 2. The van der Waals surface area contributed by atoms with Gasteiger partial charge in [0.2, 0.25) is 5.91 Å². The van der Waals surface area contributed by atoms with Crippen LogP contribution >= 0.6 is 0 Å². The molecule has 142 valence electrons. The molecule has 1 aromatic carbocycles. The molecule has 1 saturated heterocycles. The lowest BCUT2D eigenvalue weighted by Gasteiger charge is -2.34. The first-order chi connectivity index (χ1) is 13.7. The molecule has 4 rings (SSSR count). The largest absolute Gasteiger partial charge is 0.319 e. The van der Waals surface area contributed by atoms with E-state index in [9.17, 15) is 9.59 Å². The maximum absolute atomic E-state index is 13.3. The van der Waals surface area contributed by atoms with Gasteiger partial charge in [0, 0.05) is 32.4 Å². The van der Waals surface area contributed by atoms with Gasteiger partial charge in [0.15, 0.2) is 5.82 Å². The van der Waals surface area contributed by atoms with Crippen molar-refractivity contribution in [2.75, 3.05) is 49.5 Å². The highest BCUT2D eigenvalue weighted by atomic mass is 16.2. The molecule has 7 heteroatoms. The zero-order chi connectivity index (χ0) is 19.5. The normalized spacial score (nSPS) is 17.1. The number of nitrogens with one attached hydrogen (secondary N) is 1. The number of para-hydroxylation sites is 1. The van der Waals surface area contributed by atoms with Gasteiger partial charge in [0.25, 0.3) is 5.91 Å². The fraction of sp³-hybridized carbons (Fsp3) is 0.286. The van der Waals surface area contributed by atoms with Gasteiger partial charge >= 0.3 is 0 Å². The number of amides is 2. The maximum atomic E-state index is 13.3. The predicted molar refractivity (Wildman–Crippen MR) is 107 cm³/mol. The molecule has 0 atom stereocenters. The van der Waals surface area contributed by atoms with Crippen LogP contribution in [0.2, 0.25) is 0 Å². The molecule has 1 aromatic heterocycles. The molecule has 0 bridgehead atoms. The molecule has 0 unspecified atom stereocenters. The third-order valence-electron chi connectivity index (χ3n) is 5.02. The summed E-state index contributed by atoms with van der Waals surface area (Å²) < 4.78 is 0. The minimum absolute atomic E-state index is 0.116. The molecule has 28 heavy (non-hydrogen) atoms. The Morgan fingerprint density at radius 3 is 2.64 bits per heavy atom. The van der Waals surface area contributed by atoms with Gasteiger partial charge in [0.05, 0.1) is 30.0 Å². The molecule has 0 spiro atoms. The maximum Gasteiger partial charge on any atom is 0.257 e. The van der Waals surface area contributed by atoms with E-state index in [2.05, 4.69) is 26.0 Å². The van der Waals surface area contributed by atoms with Gasteiger partial charge in [-0.2, -0.15) is 0 Å². The minimum Gasteiger partial charge on any atom is -0.319 e. The van der Waals surface area contributed by atoms with Crippen LogP contribution in [0.1, 0.15) is 10.4 Å². The van der Waals surface area contributed by atoms with Crippen LogP contribution in [0.25, 0.3) is 0 Å². The Balaban J connectivity index is 1.62. The van der Waals surface area contributed by atoms with Crippen molar-refractivity contribution >= 4 is 29.0 Å². The van der Waals surface area contributed by atoms with E-state index in [-0.39, 0.29) is 18.4 Å². The fourth-order valence-corrected chi connectivity index (χ4v) is 3.59. The van der Waals surface area contributed by atoms with Gasteiger partial charge in [-0.1, -0.05) is 18.1 Å². The summed E-state index contributed by atoms with van der Waals surface area (Å²) in [6, 6.07) is 10.6. The molecule has 2 aliphatic rings. The number of nitrogens with zero attached hydrogens (tertiary/aromatic N) is 4. The Bertz CT molecular complexity index is 944. The Kier molecular flexibility index (Phi) is 5.06. The van der Waals surface area contributed by atoms with Crippen LogP contribution in [-0.4, -0.2) is 65.9 Å². The van der Waals surface area contributed by atoms with Crippen molar-refractivity contribution < 1.29 is 9.59 Å². The summed E-state index contributed by atoms with van der Waals surface area (Å²) in [4.78, 5) is 36.2. The molecular weight excluding hydrogens is 354 g/mol. The van der Waals surface area contributed by atoms with Gasteiger partial charge in [-0.15, -0.1) is 6.42 Å². The summed E-state index contributed by atoms with van der Waals surface area (Å²) in [6.45, 7) is 4.10. The number of hydrogen-bond donors (Lipinski definition) is 1. The number of terminal acetylenes is 1. The lowest BCUT2D eigenvalue weighted by Crippen LogP contribution is -2.49. The van der Waals surface area contributed by atoms with Crippen LogP contribution in [0.15, 0.2) is 42.6 Å². The summed E-state index contributed by atoms with van der Waals surface area (Å²) in [5, 5.41) is 2.85. The third kappa shape index (κ3) is 3.48. The number of hydrogen-bond acceptors (Lipinski definition) is 5. The molecule has 2 amide bonds. The van der Waals surface area contributed by atoms with E-state index in [1.807, 2.05) is 6.07 Å². The first-order valence-electron chi connectivity index (χ1n) is 9.24. The molecule has 1 fully saturated rings. The van der Waals surface area contributed by atoms with E-state index in [1.54, 1.807) is 41.4 Å². The average Bonchev–Trinajstić information content (AvgIpc) is 2.83. The minimum atomic E-state index is -0.247. The summed E-state index contributed by atoms with van der Waals surface area (Å²) in [6.07, 6.45) is 7.01. The molecule has 2 aromatic rings. The molecule has 7 nitrogen and oxygen atoms in total. The van der Waals surface area contributed by atoms with Gasteiger partial charge in [-0.05, 0) is 24.3 Å². The first kappa shape index (κ1) is 18.2. The second kappa shape index (κ2) is 7.80. The average molecular weight is 375 g/mol. The number of pyridine rings is 1. The van der Waals surface area contributed by atoms with Gasteiger partial charge in [-0.3, -0.25) is 24.3 Å². The molecule has 1 N–H and O–H groups in total. The van der Waals surface area contributed by atoms with Crippen LogP contribution in [0.5, 0.6) is 0 Å². The third-order valence-corrected chi connectivity index (χ3v) is 5.02. The summed E-state index contributed by atoms with van der Waals surface area (Å²) >= 11 is 0. The SMILES string of the molecule is C#CCN1CCN(CC(=O)N2c3ccccc3C(=O)Nc3cccnc32)CC1. The number of benzene rings is 1. The van der Waals surface area contributed by atoms with Crippen molar-refractivity contribution in [1.82, 2.24) is 14.8 Å². The van der Waals surface area contributed by atoms with Crippen molar-refractivity contribution in [2.45, 2.75) is 0 Å². The van der Waals surface area contributed by atoms with Crippen LogP contribution < -0.4 is 10.2 Å². The van der Waals surface area contributed by atoms with Crippen LogP contribution in [0.3, 0.4) is 0 Å². The van der Waals surface area contributed by atoms with Gasteiger partial charge in [-0.25, -0.2) is 4.98 Å². The van der Waals surface area contributed by atoms with E-state index < -0.39 is 0 Å². The van der Waals surface area contributed by atoms with Crippen LogP contribution in [0.4, 0.5) is 17.2 Å². The van der Waals surface area contributed by atoms with Crippen molar-refractivity contribution in [3.63, 3.8) is 0 Å². The van der Waals surface area contributed by atoms with E-state index in [0.29, 0.717) is 29.3 Å². The van der Waals surface area contributed by atoms with E-state index in [1.165, 1.54) is 0 Å². The van der Waals surface area contributed by atoms with Crippen molar-refractivity contribution in [3.05, 3.63) is 48.2 Å². The van der Waals surface area contributed by atoms with Gasteiger partial charge < -0.3 is 5.32 Å². The lowest BCUT2D eigenvalue weighted by atomic mass is 10.1. The standard InChI is InChI=1S/C21H21N5O2/c1-2-10-24-11-13-25(14-12-24)15-19(27)26-18-8-4-3-6-16(18)21(28)23-17-7-5-9-22-20(17)26/h1,3-9H,10-15H2,(H,23,28). The highest BCUT2D eigenvalue weighted by Crippen LogP contribution is 2.36. The zero-order valence-electron chi connectivity index (χ0n) is 15.5. The number of anilines is 3. The second-order valence-electron chi connectivity index (χ2n) is 6.83. The monoisotopic (exact) mass is 375 g/mol. The molecule has 0 saturated carbocycles. The van der Waals surface area contributed by atoms with Crippen molar-refractivity contribution in [2.24, 2.45) is 0 Å². The summed E-state index contributed by atoms with van der Waals surface area (Å²) in [7, 11) is 0. The molecule has 0 radical (unpaired) electrons. The molecule has 3 heterocycles. The second-order valence-corrected chi connectivity index (χ2v) is 6.83. The van der Waals surface area contributed by atoms with Crippen LogP contribution in [-0.2, 0) is 4.79 Å². The lowest BCUT2D eigenvalue weighted by molar-refractivity contribution is -0.119. The number of piperazine rings is 1.